The van der Waals surface area contributed by atoms with Crippen molar-refractivity contribution in [1.82, 2.24) is 4.90 Å². The number of benzene rings is 1. The molecule has 2 rings (SSSR count). The first-order chi connectivity index (χ1) is 8.22. The van der Waals surface area contributed by atoms with Gasteiger partial charge in [0.1, 0.15) is 0 Å². The van der Waals surface area contributed by atoms with E-state index in [9.17, 15) is 4.79 Å². The molecule has 0 aromatic heterocycles. The molecule has 0 spiro atoms. The van der Waals surface area contributed by atoms with Crippen LogP contribution in [-0.2, 0) is 22.5 Å². The second-order valence-corrected chi connectivity index (χ2v) is 4.29. The molecule has 0 radical (unpaired) electrons. The second-order valence-electron chi connectivity index (χ2n) is 4.29. The lowest BCUT2D eigenvalue weighted by molar-refractivity contribution is -0.133. The summed E-state index contributed by atoms with van der Waals surface area (Å²) in [6.07, 6.45) is 1.30. The minimum Gasteiger partial charge on any atom is -0.398 e. The van der Waals surface area contributed by atoms with Gasteiger partial charge < -0.3 is 15.4 Å². The van der Waals surface area contributed by atoms with Crippen molar-refractivity contribution in [3.05, 3.63) is 29.3 Å². The Balaban J connectivity index is 2.06. The molecule has 1 aromatic carbocycles. The molecule has 0 saturated heterocycles. The van der Waals surface area contributed by atoms with Crippen LogP contribution in [0.15, 0.2) is 18.2 Å². The van der Waals surface area contributed by atoms with E-state index in [2.05, 4.69) is 0 Å². The average Bonchev–Trinajstić information content (AvgIpc) is 2.36. The van der Waals surface area contributed by atoms with Gasteiger partial charge in [-0.2, -0.15) is 0 Å². The van der Waals surface area contributed by atoms with Crippen molar-refractivity contribution in [2.75, 3.05) is 26.0 Å². The highest BCUT2D eigenvalue weighted by molar-refractivity contribution is 5.76. The molecule has 1 aliphatic heterocycles. The van der Waals surface area contributed by atoms with Gasteiger partial charge in [0.05, 0.1) is 13.0 Å². The van der Waals surface area contributed by atoms with E-state index in [-0.39, 0.29) is 5.91 Å². The highest BCUT2D eigenvalue weighted by Gasteiger charge is 2.21. The fourth-order valence-corrected chi connectivity index (χ4v) is 2.20. The molecule has 0 bridgehead atoms. The molecule has 4 heteroatoms. The number of anilines is 1. The van der Waals surface area contributed by atoms with Crippen LogP contribution in [0.3, 0.4) is 0 Å². The van der Waals surface area contributed by atoms with Crippen molar-refractivity contribution in [1.29, 1.82) is 0 Å². The minimum atomic E-state index is 0.153. The predicted octanol–water partition coefficient (Wildman–Crippen LogP) is 1.19. The van der Waals surface area contributed by atoms with Crippen LogP contribution in [0, 0.1) is 0 Å². The van der Waals surface area contributed by atoms with Crippen molar-refractivity contribution in [3.63, 3.8) is 0 Å². The van der Waals surface area contributed by atoms with E-state index in [0.717, 1.165) is 18.7 Å². The fraction of sp³-hybridized carbons (Fsp3) is 0.462. The Kier molecular flexibility index (Phi) is 3.64. The SMILES string of the molecule is COCCC(=O)N1CCc2c(N)cccc2C1. The molecule has 0 atom stereocenters. The van der Waals surface area contributed by atoms with Crippen LogP contribution in [0.2, 0.25) is 0 Å². The van der Waals surface area contributed by atoms with Gasteiger partial charge in [-0.3, -0.25) is 4.79 Å². The number of nitrogens with two attached hydrogens (primary N) is 1. The Morgan fingerprint density at radius 2 is 2.35 bits per heavy atom. The maximum absolute atomic E-state index is 11.9. The summed E-state index contributed by atoms with van der Waals surface area (Å²) in [6, 6.07) is 5.90. The predicted molar refractivity (Wildman–Crippen MR) is 66.5 cm³/mol. The summed E-state index contributed by atoms with van der Waals surface area (Å²) in [5.74, 6) is 0.153. The normalized spacial score (nSPS) is 14.5. The van der Waals surface area contributed by atoms with Gasteiger partial charge in [0.15, 0.2) is 0 Å². The molecule has 1 aliphatic rings. The van der Waals surface area contributed by atoms with Crippen molar-refractivity contribution in [2.45, 2.75) is 19.4 Å². The monoisotopic (exact) mass is 234 g/mol. The summed E-state index contributed by atoms with van der Waals surface area (Å²) in [6.45, 7) is 1.91. The number of hydrogen-bond donors (Lipinski definition) is 1. The van der Waals surface area contributed by atoms with Crippen LogP contribution >= 0.6 is 0 Å². The molecule has 1 amide bonds. The third-order valence-corrected chi connectivity index (χ3v) is 3.17. The molecule has 2 N–H and O–H groups in total. The number of methoxy groups -OCH3 is 1. The number of amides is 1. The molecule has 0 saturated carbocycles. The van der Waals surface area contributed by atoms with Crippen LogP contribution in [-0.4, -0.2) is 31.1 Å². The molecule has 0 unspecified atom stereocenters. The summed E-state index contributed by atoms with van der Waals surface area (Å²) < 4.78 is 4.92. The van der Waals surface area contributed by atoms with Gasteiger partial charge >= 0.3 is 0 Å². The Hall–Kier alpha value is -1.55. The first-order valence-electron chi connectivity index (χ1n) is 5.85. The van der Waals surface area contributed by atoms with Gasteiger partial charge in [0.2, 0.25) is 5.91 Å². The van der Waals surface area contributed by atoms with E-state index in [4.69, 9.17) is 10.5 Å². The molecule has 17 heavy (non-hydrogen) atoms. The topological polar surface area (TPSA) is 55.6 Å². The van der Waals surface area contributed by atoms with Gasteiger partial charge in [-0.1, -0.05) is 12.1 Å². The number of carbonyl (C=O) groups is 1. The van der Waals surface area contributed by atoms with Gasteiger partial charge in [-0.15, -0.1) is 0 Å². The summed E-state index contributed by atoms with van der Waals surface area (Å²) in [5.41, 5.74) is 9.13. The highest BCUT2D eigenvalue weighted by Crippen LogP contribution is 2.24. The maximum Gasteiger partial charge on any atom is 0.225 e. The van der Waals surface area contributed by atoms with Gasteiger partial charge in [0.25, 0.3) is 0 Å². The second kappa shape index (κ2) is 5.19. The lowest BCUT2D eigenvalue weighted by atomic mass is 9.98. The van der Waals surface area contributed by atoms with E-state index in [1.54, 1.807) is 7.11 Å². The zero-order valence-corrected chi connectivity index (χ0v) is 10.1. The number of ether oxygens (including phenoxy) is 1. The van der Waals surface area contributed by atoms with Crippen molar-refractivity contribution in [2.24, 2.45) is 0 Å². The first-order valence-corrected chi connectivity index (χ1v) is 5.85. The number of nitrogen functional groups attached to an aromatic ring is 1. The summed E-state index contributed by atoms with van der Waals surface area (Å²) in [4.78, 5) is 13.7. The molecule has 4 nitrogen and oxygen atoms in total. The Morgan fingerprint density at radius 1 is 1.53 bits per heavy atom. The maximum atomic E-state index is 11.9. The number of carbonyl (C=O) groups excluding carboxylic acids is 1. The van der Waals surface area contributed by atoms with Crippen LogP contribution in [0.25, 0.3) is 0 Å². The lowest BCUT2D eigenvalue weighted by Gasteiger charge is -2.29. The van der Waals surface area contributed by atoms with E-state index in [0.29, 0.717) is 19.6 Å². The fourth-order valence-electron chi connectivity index (χ4n) is 2.20. The zero-order chi connectivity index (χ0) is 12.3. The number of rotatable bonds is 3. The molecule has 0 aliphatic carbocycles. The quantitative estimate of drug-likeness (QED) is 0.799. The Labute approximate surface area is 101 Å². The van der Waals surface area contributed by atoms with Crippen LogP contribution < -0.4 is 5.73 Å². The standard InChI is InChI=1S/C13H18N2O2/c1-17-8-6-13(16)15-7-5-11-10(9-15)3-2-4-12(11)14/h2-4H,5-9,14H2,1H3. The lowest BCUT2D eigenvalue weighted by Crippen LogP contribution is -2.36. The summed E-state index contributed by atoms with van der Waals surface area (Å²) in [5, 5.41) is 0. The molecular formula is C13H18N2O2. The van der Waals surface area contributed by atoms with Crippen molar-refractivity contribution < 1.29 is 9.53 Å². The van der Waals surface area contributed by atoms with Gasteiger partial charge in [-0.25, -0.2) is 0 Å². The number of hydrogen-bond acceptors (Lipinski definition) is 3. The summed E-state index contributed by atoms with van der Waals surface area (Å²) in [7, 11) is 1.61. The van der Waals surface area contributed by atoms with Crippen molar-refractivity contribution in [3.8, 4) is 0 Å². The van der Waals surface area contributed by atoms with Crippen LogP contribution in [0.1, 0.15) is 17.5 Å². The Morgan fingerprint density at radius 3 is 3.12 bits per heavy atom. The van der Waals surface area contributed by atoms with Crippen molar-refractivity contribution >= 4 is 11.6 Å². The highest BCUT2D eigenvalue weighted by atomic mass is 16.5. The number of fused-ring (bicyclic) bond motifs is 1. The first kappa shape index (κ1) is 11.9. The third-order valence-electron chi connectivity index (χ3n) is 3.17. The van der Waals surface area contributed by atoms with E-state index < -0.39 is 0 Å². The average molecular weight is 234 g/mol. The molecule has 1 aromatic rings. The summed E-state index contributed by atoms with van der Waals surface area (Å²) >= 11 is 0. The van der Waals surface area contributed by atoms with E-state index >= 15 is 0 Å². The smallest absolute Gasteiger partial charge is 0.225 e. The largest absolute Gasteiger partial charge is 0.398 e. The Bertz CT molecular complexity index is 418. The third kappa shape index (κ3) is 2.58. The zero-order valence-electron chi connectivity index (χ0n) is 10.1. The molecular weight excluding hydrogens is 216 g/mol. The van der Waals surface area contributed by atoms with Gasteiger partial charge in [-0.05, 0) is 23.6 Å². The molecule has 1 heterocycles. The number of nitrogens with zero attached hydrogens (tertiary/aromatic N) is 1. The van der Waals surface area contributed by atoms with Gasteiger partial charge in [0, 0.05) is 25.9 Å². The van der Waals surface area contributed by atoms with Crippen LogP contribution in [0.5, 0.6) is 0 Å². The minimum absolute atomic E-state index is 0.153. The van der Waals surface area contributed by atoms with E-state index in [1.807, 2.05) is 23.1 Å². The molecule has 0 fully saturated rings. The van der Waals surface area contributed by atoms with Crippen LogP contribution in [0.4, 0.5) is 5.69 Å². The molecule has 92 valence electrons. The van der Waals surface area contributed by atoms with E-state index in [1.165, 1.54) is 11.1 Å².